The molecular formula is C12H19NO. The molecule has 2 nitrogen and oxygen atoms in total. The summed E-state index contributed by atoms with van der Waals surface area (Å²) in [6, 6.07) is 0. The fourth-order valence-electron chi connectivity index (χ4n) is 1.73. The van der Waals surface area contributed by atoms with E-state index in [0.717, 1.165) is 12.1 Å². The molecule has 0 bridgehead atoms. The maximum atomic E-state index is 11.2. The summed E-state index contributed by atoms with van der Waals surface area (Å²) in [6.07, 6.45) is 4.29. The molecule has 1 aliphatic heterocycles. The second-order valence-electron chi connectivity index (χ2n) is 3.67. The molecule has 2 unspecified atom stereocenters. The topological polar surface area (TPSA) is 29.1 Å². The van der Waals surface area contributed by atoms with Gasteiger partial charge in [0, 0.05) is 12.1 Å². The lowest BCUT2D eigenvalue weighted by Gasteiger charge is -2.18. The molecule has 2 heteroatoms. The summed E-state index contributed by atoms with van der Waals surface area (Å²) in [4.78, 5) is 11.2. The Morgan fingerprint density at radius 2 is 1.79 bits per heavy atom. The van der Waals surface area contributed by atoms with Crippen LogP contribution in [0.3, 0.4) is 0 Å². The molecular weight excluding hydrogens is 174 g/mol. The maximum absolute atomic E-state index is 11.2. The molecule has 1 amide bonds. The number of fused-ring (bicyclic) bond motifs is 1. The second-order valence-corrected chi connectivity index (χ2v) is 3.67. The van der Waals surface area contributed by atoms with Gasteiger partial charge >= 0.3 is 0 Å². The molecule has 2 rings (SSSR count). The van der Waals surface area contributed by atoms with Crippen molar-refractivity contribution in [2.75, 3.05) is 6.54 Å². The highest BCUT2D eigenvalue weighted by atomic mass is 16.2. The van der Waals surface area contributed by atoms with Crippen LogP contribution in [-0.4, -0.2) is 12.5 Å². The predicted octanol–water partition coefficient (Wildman–Crippen LogP) is 2.28. The summed E-state index contributed by atoms with van der Waals surface area (Å²) in [6.45, 7) is 9.06. The SMILES string of the molecule is CC.CC1C=C2CNC(=O)C2=CC1C. The van der Waals surface area contributed by atoms with Crippen molar-refractivity contribution in [1.29, 1.82) is 0 Å². The van der Waals surface area contributed by atoms with E-state index in [1.165, 1.54) is 5.57 Å². The average Bonchev–Trinajstić information content (AvgIpc) is 2.53. The summed E-state index contributed by atoms with van der Waals surface area (Å²) in [5, 5.41) is 2.83. The third kappa shape index (κ3) is 1.89. The maximum Gasteiger partial charge on any atom is 0.251 e. The molecule has 0 spiro atoms. The Morgan fingerprint density at radius 3 is 2.43 bits per heavy atom. The Hall–Kier alpha value is -1.05. The van der Waals surface area contributed by atoms with Crippen molar-refractivity contribution in [3.05, 3.63) is 23.3 Å². The lowest BCUT2D eigenvalue weighted by molar-refractivity contribution is -0.116. The van der Waals surface area contributed by atoms with Gasteiger partial charge < -0.3 is 5.32 Å². The fraction of sp³-hybridized carbons (Fsp3) is 0.583. The molecule has 14 heavy (non-hydrogen) atoms. The van der Waals surface area contributed by atoms with Crippen LogP contribution in [0.2, 0.25) is 0 Å². The molecule has 0 aromatic rings. The van der Waals surface area contributed by atoms with E-state index in [2.05, 4.69) is 31.3 Å². The summed E-state index contributed by atoms with van der Waals surface area (Å²) >= 11 is 0. The molecule has 0 aromatic carbocycles. The van der Waals surface area contributed by atoms with Crippen LogP contribution in [0.4, 0.5) is 0 Å². The monoisotopic (exact) mass is 193 g/mol. The molecule has 1 aliphatic carbocycles. The number of hydrogen-bond acceptors (Lipinski definition) is 1. The van der Waals surface area contributed by atoms with E-state index in [1.54, 1.807) is 0 Å². The van der Waals surface area contributed by atoms with E-state index >= 15 is 0 Å². The minimum atomic E-state index is 0.0972. The lowest BCUT2D eigenvalue weighted by atomic mass is 9.85. The van der Waals surface area contributed by atoms with Crippen molar-refractivity contribution in [3.63, 3.8) is 0 Å². The molecule has 1 saturated heterocycles. The van der Waals surface area contributed by atoms with Crippen LogP contribution in [0.25, 0.3) is 0 Å². The third-order valence-electron chi connectivity index (χ3n) is 2.75. The summed E-state index contributed by atoms with van der Waals surface area (Å²) in [7, 11) is 0. The van der Waals surface area contributed by atoms with Crippen molar-refractivity contribution in [3.8, 4) is 0 Å². The van der Waals surface area contributed by atoms with Gasteiger partial charge in [-0.2, -0.15) is 0 Å². The van der Waals surface area contributed by atoms with Gasteiger partial charge in [-0.25, -0.2) is 0 Å². The normalized spacial score (nSPS) is 29.3. The van der Waals surface area contributed by atoms with Crippen molar-refractivity contribution in [2.45, 2.75) is 27.7 Å². The molecule has 1 fully saturated rings. The second kappa shape index (κ2) is 4.45. The van der Waals surface area contributed by atoms with Gasteiger partial charge in [0.1, 0.15) is 0 Å². The van der Waals surface area contributed by atoms with Crippen LogP contribution in [0.15, 0.2) is 23.3 Å². The largest absolute Gasteiger partial charge is 0.348 e. The number of hydrogen-bond donors (Lipinski definition) is 1. The van der Waals surface area contributed by atoms with Gasteiger partial charge in [0.25, 0.3) is 5.91 Å². The zero-order valence-electron chi connectivity index (χ0n) is 9.42. The van der Waals surface area contributed by atoms with Gasteiger partial charge in [0.15, 0.2) is 0 Å². The van der Waals surface area contributed by atoms with Crippen LogP contribution in [0.5, 0.6) is 0 Å². The first-order valence-corrected chi connectivity index (χ1v) is 5.39. The summed E-state index contributed by atoms with van der Waals surface area (Å²) in [5.74, 6) is 1.16. The van der Waals surface area contributed by atoms with Crippen molar-refractivity contribution < 1.29 is 4.79 Å². The molecule has 1 N–H and O–H groups in total. The molecule has 1 heterocycles. The van der Waals surface area contributed by atoms with Crippen LogP contribution in [0, 0.1) is 11.8 Å². The van der Waals surface area contributed by atoms with E-state index < -0.39 is 0 Å². The van der Waals surface area contributed by atoms with Crippen LogP contribution < -0.4 is 5.32 Å². The number of amides is 1. The first kappa shape index (κ1) is 11.0. The number of carbonyl (C=O) groups is 1. The van der Waals surface area contributed by atoms with E-state index in [1.807, 2.05) is 13.8 Å². The Kier molecular flexibility index (Phi) is 3.50. The van der Waals surface area contributed by atoms with Crippen LogP contribution in [-0.2, 0) is 4.79 Å². The Labute approximate surface area is 86.1 Å². The Bertz CT molecular complexity index is 289. The first-order valence-electron chi connectivity index (χ1n) is 5.39. The van der Waals surface area contributed by atoms with Gasteiger partial charge in [-0.05, 0) is 17.4 Å². The van der Waals surface area contributed by atoms with Gasteiger partial charge in [-0.3, -0.25) is 4.79 Å². The first-order chi connectivity index (χ1) is 6.68. The lowest BCUT2D eigenvalue weighted by Crippen LogP contribution is -2.15. The minimum Gasteiger partial charge on any atom is -0.348 e. The number of nitrogens with one attached hydrogen (secondary N) is 1. The molecule has 0 radical (unpaired) electrons. The predicted molar refractivity (Wildman–Crippen MR) is 58.9 cm³/mol. The fourth-order valence-corrected chi connectivity index (χ4v) is 1.73. The highest BCUT2D eigenvalue weighted by Gasteiger charge is 2.27. The van der Waals surface area contributed by atoms with Crippen molar-refractivity contribution >= 4 is 5.91 Å². The third-order valence-corrected chi connectivity index (χ3v) is 2.75. The number of rotatable bonds is 0. The Balaban J connectivity index is 0.000000461. The van der Waals surface area contributed by atoms with Crippen LogP contribution >= 0.6 is 0 Å². The summed E-state index contributed by atoms with van der Waals surface area (Å²) in [5.41, 5.74) is 2.09. The summed E-state index contributed by atoms with van der Waals surface area (Å²) < 4.78 is 0. The highest BCUT2D eigenvalue weighted by molar-refractivity contribution is 6.01. The highest BCUT2D eigenvalue weighted by Crippen LogP contribution is 2.29. The van der Waals surface area contributed by atoms with Gasteiger partial charge in [-0.1, -0.05) is 39.8 Å². The smallest absolute Gasteiger partial charge is 0.251 e. The van der Waals surface area contributed by atoms with Gasteiger partial charge in [0.2, 0.25) is 0 Å². The zero-order valence-corrected chi connectivity index (χ0v) is 9.42. The standard InChI is InChI=1S/C10H13NO.C2H6/c1-6-3-8-5-11-10(12)9(8)4-7(6)2;1-2/h3-4,6-7H,5H2,1-2H3,(H,11,12);1-2H3. The molecule has 78 valence electrons. The van der Waals surface area contributed by atoms with Gasteiger partial charge in [-0.15, -0.1) is 0 Å². The van der Waals surface area contributed by atoms with Crippen LogP contribution in [0.1, 0.15) is 27.7 Å². The van der Waals surface area contributed by atoms with Gasteiger partial charge in [0.05, 0.1) is 0 Å². The average molecular weight is 193 g/mol. The molecule has 0 saturated carbocycles. The van der Waals surface area contributed by atoms with E-state index in [0.29, 0.717) is 11.8 Å². The molecule has 0 aromatic heterocycles. The zero-order chi connectivity index (χ0) is 10.7. The van der Waals surface area contributed by atoms with E-state index in [-0.39, 0.29) is 5.91 Å². The Morgan fingerprint density at radius 1 is 1.21 bits per heavy atom. The van der Waals surface area contributed by atoms with Crippen molar-refractivity contribution in [1.82, 2.24) is 5.32 Å². The van der Waals surface area contributed by atoms with Crippen molar-refractivity contribution in [2.24, 2.45) is 11.8 Å². The number of carbonyl (C=O) groups excluding carboxylic acids is 1. The quantitative estimate of drug-likeness (QED) is 0.628. The molecule has 2 atom stereocenters. The molecule has 2 aliphatic rings. The number of allylic oxidation sites excluding steroid dienone is 2. The van der Waals surface area contributed by atoms with E-state index in [4.69, 9.17) is 0 Å². The minimum absolute atomic E-state index is 0.0972. The van der Waals surface area contributed by atoms with E-state index in [9.17, 15) is 4.79 Å².